The third kappa shape index (κ3) is 4.97. The summed E-state index contributed by atoms with van der Waals surface area (Å²) in [5.74, 6) is 0. The maximum absolute atomic E-state index is 10.2. The molecule has 2 aromatic rings. The number of hydrogen-bond donors (Lipinski definition) is 1. The van der Waals surface area contributed by atoms with E-state index in [1.54, 1.807) is 0 Å². The van der Waals surface area contributed by atoms with E-state index in [-0.39, 0.29) is 0 Å². The van der Waals surface area contributed by atoms with Crippen molar-refractivity contribution < 1.29 is 9.84 Å². The van der Waals surface area contributed by atoms with Crippen molar-refractivity contribution in [2.24, 2.45) is 0 Å². The zero-order valence-corrected chi connectivity index (χ0v) is 12.7. The number of likely N-dealkylation sites (N-methyl/N-ethyl adjacent to an activating group) is 1. The van der Waals surface area contributed by atoms with E-state index >= 15 is 0 Å². The van der Waals surface area contributed by atoms with E-state index in [0.29, 0.717) is 13.2 Å². The molecule has 0 fully saturated rings. The Morgan fingerprint density at radius 3 is 2.43 bits per heavy atom. The number of aliphatic hydroxyl groups excluding tert-OH is 1. The summed E-state index contributed by atoms with van der Waals surface area (Å²) >= 11 is 0. The average molecular weight is 285 g/mol. The molecule has 21 heavy (non-hydrogen) atoms. The minimum Gasteiger partial charge on any atom is -0.386 e. The first-order valence-electron chi connectivity index (χ1n) is 7.23. The van der Waals surface area contributed by atoms with Crippen molar-refractivity contribution in [1.82, 2.24) is 4.90 Å². The Morgan fingerprint density at radius 2 is 1.71 bits per heavy atom. The highest BCUT2D eigenvalue weighted by molar-refractivity contribution is 5.64. The summed E-state index contributed by atoms with van der Waals surface area (Å²) in [5, 5.41) is 10.2. The zero-order chi connectivity index (χ0) is 15.1. The van der Waals surface area contributed by atoms with Crippen LogP contribution >= 0.6 is 0 Å². The third-order valence-electron chi connectivity index (χ3n) is 3.34. The molecular formula is C18H23NO2. The van der Waals surface area contributed by atoms with Gasteiger partial charge in [0.25, 0.3) is 0 Å². The largest absolute Gasteiger partial charge is 0.386 e. The van der Waals surface area contributed by atoms with Gasteiger partial charge in [0.1, 0.15) is 6.10 Å². The van der Waals surface area contributed by atoms with Crippen LogP contribution in [0.2, 0.25) is 0 Å². The second-order valence-corrected chi connectivity index (χ2v) is 5.39. The molecule has 0 amide bonds. The highest BCUT2D eigenvalue weighted by Gasteiger charge is 2.09. The molecule has 112 valence electrons. The van der Waals surface area contributed by atoms with Crippen LogP contribution in [0.4, 0.5) is 0 Å². The van der Waals surface area contributed by atoms with Crippen molar-refractivity contribution in [1.29, 1.82) is 0 Å². The molecule has 0 aliphatic rings. The Kier molecular flexibility index (Phi) is 5.93. The molecule has 0 aliphatic carbocycles. The lowest BCUT2D eigenvalue weighted by Crippen LogP contribution is -2.19. The molecular weight excluding hydrogens is 262 g/mol. The summed E-state index contributed by atoms with van der Waals surface area (Å²) < 4.78 is 5.51. The number of rotatable bonds is 7. The molecule has 3 heteroatoms. The molecule has 0 saturated carbocycles. The summed E-state index contributed by atoms with van der Waals surface area (Å²) in [6.07, 6.45) is -0.587. The highest BCUT2D eigenvalue weighted by atomic mass is 16.5. The Bertz CT molecular complexity index is 540. The number of benzene rings is 2. The zero-order valence-electron chi connectivity index (χ0n) is 12.7. The molecule has 2 aromatic carbocycles. The maximum Gasteiger partial charge on any atom is 0.102 e. The Balaban J connectivity index is 1.97. The first-order chi connectivity index (χ1) is 10.2. The van der Waals surface area contributed by atoms with Gasteiger partial charge in [-0.05, 0) is 36.9 Å². The number of ether oxygens (including phenoxy) is 1. The molecule has 0 saturated heterocycles. The summed E-state index contributed by atoms with van der Waals surface area (Å²) in [5.41, 5.74) is 3.15. The lowest BCUT2D eigenvalue weighted by molar-refractivity contribution is 0.0307. The Hall–Kier alpha value is -1.68. The van der Waals surface area contributed by atoms with Crippen molar-refractivity contribution in [3.05, 3.63) is 60.2 Å². The fourth-order valence-corrected chi connectivity index (χ4v) is 2.09. The SMILES string of the molecule is CN(C)CCOCC(O)c1cccc(-c2ccccc2)c1. The molecule has 0 radical (unpaired) electrons. The van der Waals surface area contributed by atoms with Gasteiger partial charge in [-0.25, -0.2) is 0 Å². The van der Waals surface area contributed by atoms with Crippen LogP contribution < -0.4 is 0 Å². The van der Waals surface area contributed by atoms with Crippen LogP contribution in [-0.4, -0.2) is 43.9 Å². The van der Waals surface area contributed by atoms with Crippen LogP contribution in [0.5, 0.6) is 0 Å². The third-order valence-corrected chi connectivity index (χ3v) is 3.34. The normalized spacial score (nSPS) is 12.6. The maximum atomic E-state index is 10.2. The van der Waals surface area contributed by atoms with E-state index in [1.807, 2.05) is 50.5 Å². The van der Waals surface area contributed by atoms with Crippen molar-refractivity contribution in [3.63, 3.8) is 0 Å². The van der Waals surface area contributed by atoms with Crippen molar-refractivity contribution in [2.45, 2.75) is 6.10 Å². The van der Waals surface area contributed by atoms with Gasteiger partial charge in [-0.3, -0.25) is 0 Å². The van der Waals surface area contributed by atoms with E-state index in [4.69, 9.17) is 4.74 Å². The van der Waals surface area contributed by atoms with Crippen molar-refractivity contribution in [3.8, 4) is 11.1 Å². The van der Waals surface area contributed by atoms with Gasteiger partial charge < -0.3 is 14.7 Å². The molecule has 2 rings (SSSR count). The monoisotopic (exact) mass is 285 g/mol. The summed E-state index contributed by atoms with van der Waals surface area (Å²) in [6, 6.07) is 18.2. The Labute approximate surface area is 126 Å². The van der Waals surface area contributed by atoms with Crippen LogP contribution in [0.15, 0.2) is 54.6 Å². The lowest BCUT2D eigenvalue weighted by Gasteiger charge is -2.14. The van der Waals surface area contributed by atoms with Gasteiger partial charge in [-0.2, -0.15) is 0 Å². The molecule has 3 nitrogen and oxygen atoms in total. The van der Waals surface area contributed by atoms with Gasteiger partial charge in [-0.1, -0.05) is 48.5 Å². The second-order valence-electron chi connectivity index (χ2n) is 5.39. The number of hydrogen-bond acceptors (Lipinski definition) is 3. The molecule has 0 aromatic heterocycles. The molecule has 1 N–H and O–H groups in total. The highest BCUT2D eigenvalue weighted by Crippen LogP contribution is 2.23. The summed E-state index contributed by atoms with van der Waals surface area (Å²) in [4.78, 5) is 2.06. The van der Waals surface area contributed by atoms with Gasteiger partial charge in [0, 0.05) is 6.54 Å². The van der Waals surface area contributed by atoms with Gasteiger partial charge in [0.2, 0.25) is 0 Å². The fraction of sp³-hybridized carbons (Fsp3) is 0.333. The molecule has 0 aliphatic heterocycles. The minimum atomic E-state index is -0.587. The van der Waals surface area contributed by atoms with Crippen LogP contribution in [0.3, 0.4) is 0 Å². The average Bonchev–Trinajstić information content (AvgIpc) is 2.52. The minimum absolute atomic E-state index is 0.325. The molecule has 0 spiro atoms. The van der Waals surface area contributed by atoms with Crippen LogP contribution in [-0.2, 0) is 4.74 Å². The van der Waals surface area contributed by atoms with E-state index in [0.717, 1.165) is 23.2 Å². The smallest absolute Gasteiger partial charge is 0.102 e. The predicted molar refractivity (Wildman–Crippen MR) is 86.2 cm³/mol. The predicted octanol–water partition coefficient (Wildman–Crippen LogP) is 2.97. The van der Waals surface area contributed by atoms with Crippen LogP contribution in [0.1, 0.15) is 11.7 Å². The second kappa shape index (κ2) is 7.93. The first-order valence-corrected chi connectivity index (χ1v) is 7.23. The topological polar surface area (TPSA) is 32.7 Å². The molecule has 0 heterocycles. The molecule has 0 bridgehead atoms. The summed E-state index contributed by atoms with van der Waals surface area (Å²) in [7, 11) is 4.01. The van der Waals surface area contributed by atoms with E-state index in [2.05, 4.69) is 23.1 Å². The van der Waals surface area contributed by atoms with Gasteiger partial charge in [0.05, 0.1) is 13.2 Å². The van der Waals surface area contributed by atoms with Gasteiger partial charge >= 0.3 is 0 Å². The number of aliphatic hydroxyl groups is 1. The molecule has 1 atom stereocenters. The van der Waals surface area contributed by atoms with Gasteiger partial charge in [0.15, 0.2) is 0 Å². The Morgan fingerprint density at radius 1 is 1.00 bits per heavy atom. The fourth-order valence-electron chi connectivity index (χ4n) is 2.09. The van der Waals surface area contributed by atoms with Crippen molar-refractivity contribution in [2.75, 3.05) is 33.9 Å². The lowest BCUT2D eigenvalue weighted by atomic mass is 10.0. The van der Waals surface area contributed by atoms with Crippen LogP contribution in [0.25, 0.3) is 11.1 Å². The van der Waals surface area contributed by atoms with E-state index < -0.39 is 6.10 Å². The standard InChI is InChI=1S/C18H23NO2/c1-19(2)11-12-21-14-18(20)17-10-6-9-16(13-17)15-7-4-3-5-8-15/h3-10,13,18,20H,11-12,14H2,1-2H3. The number of nitrogens with zero attached hydrogens (tertiary/aromatic N) is 1. The van der Waals surface area contributed by atoms with E-state index in [1.165, 1.54) is 0 Å². The first kappa shape index (κ1) is 15.7. The van der Waals surface area contributed by atoms with Crippen LogP contribution in [0, 0.1) is 0 Å². The van der Waals surface area contributed by atoms with Crippen molar-refractivity contribution >= 4 is 0 Å². The summed E-state index contributed by atoms with van der Waals surface area (Å²) in [6.45, 7) is 1.81. The quantitative estimate of drug-likeness (QED) is 0.794. The van der Waals surface area contributed by atoms with Gasteiger partial charge in [-0.15, -0.1) is 0 Å². The van der Waals surface area contributed by atoms with E-state index in [9.17, 15) is 5.11 Å². The molecule has 1 unspecified atom stereocenters.